The second-order valence-electron chi connectivity index (χ2n) is 7.15. The highest BCUT2D eigenvalue weighted by Gasteiger charge is 2.32. The number of nitrogens with zero attached hydrogens (tertiary/aromatic N) is 1. The lowest BCUT2D eigenvalue weighted by Gasteiger charge is -2.36. The highest BCUT2D eigenvalue weighted by atomic mass is 35.5. The molecule has 1 amide bonds. The van der Waals surface area contributed by atoms with Gasteiger partial charge in [0.1, 0.15) is 5.00 Å². The van der Waals surface area contributed by atoms with Gasteiger partial charge in [0.15, 0.2) is 5.76 Å². The highest BCUT2D eigenvalue weighted by molar-refractivity contribution is 7.16. The second-order valence-corrected chi connectivity index (χ2v) is 9.16. The molecule has 1 N–H and O–H groups in total. The van der Waals surface area contributed by atoms with Crippen LogP contribution in [0.4, 0.5) is 5.00 Å². The number of benzene rings is 1. The zero-order valence-corrected chi connectivity index (χ0v) is 19.0. The Labute approximate surface area is 189 Å². The third-order valence-corrected chi connectivity index (χ3v) is 7.34. The van der Waals surface area contributed by atoms with Crippen molar-refractivity contribution in [3.63, 3.8) is 0 Å². The molecular formula is C22H22Cl2N2O3S. The van der Waals surface area contributed by atoms with Crippen LogP contribution in [0.3, 0.4) is 0 Å². The Morgan fingerprint density at radius 1 is 1.17 bits per heavy atom. The number of ether oxygens (including phenoxy) is 1. The van der Waals surface area contributed by atoms with E-state index in [1.165, 1.54) is 6.26 Å². The van der Waals surface area contributed by atoms with Gasteiger partial charge in [-0.3, -0.25) is 9.69 Å². The summed E-state index contributed by atoms with van der Waals surface area (Å²) >= 11 is 14.6. The Bertz CT molecular complexity index is 1040. The lowest BCUT2D eigenvalue weighted by atomic mass is 9.94. The van der Waals surface area contributed by atoms with Gasteiger partial charge in [-0.05, 0) is 43.2 Å². The van der Waals surface area contributed by atoms with E-state index in [0.29, 0.717) is 23.3 Å². The molecule has 1 fully saturated rings. The van der Waals surface area contributed by atoms with Crippen molar-refractivity contribution in [2.75, 3.05) is 31.6 Å². The molecule has 2 aromatic heterocycles. The molecule has 0 unspecified atom stereocenters. The largest absolute Gasteiger partial charge is 0.459 e. The van der Waals surface area contributed by atoms with Crippen LogP contribution >= 0.6 is 34.5 Å². The summed E-state index contributed by atoms with van der Waals surface area (Å²) in [5.41, 5.74) is 3.08. The van der Waals surface area contributed by atoms with Crippen molar-refractivity contribution in [2.45, 2.75) is 19.9 Å². The number of morpholine rings is 1. The summed E-state index contributed by atoms with van der Waals surface area (Å²) in [6.07, 6.45) is 1.49. The number of hydrogen-bond donors (Lipinski definition) is 1. The van der Waals surface area contributed by atoms with Crippen molar-refractivity contribution in [1.82, 2.24) is 4.90 Å². The minimum atomic E-state index is -0.277. The number of aryl methyl sites for hydroxylation is 1. The van der Waals surface area contributed by atoms with Crippen LogP contribution in [0.15, 0.2) is 41.0 Å². The monoisotopic (exact) mass is 464 g/mol. The molecule has 158 valence electrons. The van der Waals surface area contributed by atoms with Crippen LogP contribution in [0, 0.1) is 13.8 Å². The standard InChI is InChI=1S/C22H22Cl2N2O3S/c1-13-14(2)30-22(25-21(27)17-7-4-10-29-17)18(13)20(26-8-11-28-12-9-26)15-5-3-6-16(23)19(15)24/h3-7,10,20H,8-9,11-12H2,1-2H3,(H,25,27)/t20-/m1/s1. The minimum Gasteiger partial charge on any atom is -0.459 e. The summed E-state index contributed by atoms with van der Waals surface area (Å²) in [7, 11) is 0. The molecule has 1 atom stereocenters. The zero-order valence-electron chi connectivity index (χ0n) is 16.7. The van der Waals surface area contributed by atoms with Crippen LogP contribution in [-0.4, -0.2) is 37.1 Å². The number of anilines is 1. The van der Waals surface area contributed by atoms with Gasteiger partial charge in [0.25, 0.3) is 5.91 Å². The van der Waals surface area contributed by atoms with Gasteiger partial charge in [0.2, 0.25) is 0 Å². The Hall–Kier alpha value is -1.83. The first-order chi connectivity index (χ1) is 14.5. The van der Waals surface area contributed by atoms with Crippen molar-refractivity contribution in [3.8, 4) is 0 Å². The maximum Gasteiger partial charge on any atom is 0.291 e. The van der Waals surface area contributed by atoms with Gasteiger partial charge in [-0.2, -0.15) is 0 Å². The summed E-state index contributed by atoms with van der Waals surface area (Å²) in [4.78, 5) is 16.2. The van der Waals surface area contributed by atoms with E-state index in [2.05, 4.69) is 24.1 Å². The average molecular weight is 465 g/mol. The number of carbonyl (C=O) groups excluding carboxylic acids is 1. The molecular weight excluding hydrogens is 443 g/mol. The lowest BCUT2D eigenvalue weighted by molar-refractivity contribution is 0.0240. The number of carbonyl (C=O) groups is 1. The van der Waals surface area contributed by atoms with E-state index in [4.69, 9.17) is 32.4 Å². The number of nitrogens with one attached hydrogen (secondary N) is 1. The molecule has 3 heterocycles. The summed E-state index contributed by atoms with van der Waals surface area (Å²) in [6.45, 7) is 6.94. The van der Waals surface area contributed by atoms with E-state index in [9.17, 15) is 4.79 Å². The molecule has 1 saturated heterocycles. The molecule has 3 aromatic rings. The molecule has 0 spiro atoms. The van der Waals surface area contributed by atoms with Crippen LogP contribution in [0.1, 0.15) is 38.2 Å². The van der Waals surface area contributed by atoms with Gasteiger partial charge in [-0.25, -0.2) is 0 Å². The Morgan fingerprint density at radius 2 is 1.93 bits per heavy atom. The summed E-state index contributed by atoms with van der Waals surface area (Å²) in [5, 5.41) is 4.88. The number of rotatable bonds is 5. The molecule has 0 radical (unpaired) electrons. The Kier molecular flexibility index (Phi) is 6.51. The third-order valence-electron chi connectivity index (χ3n) is 5.36. The molecule has 1 aliphatic rings. The predicted molar refractivity (Wildman–Crippen MR) is 121 cm³/mol. The highest BCUT2D eigenvalue weighted by Crippen LogP contribution is 2.45. The molecule has 1 aromatic carbocycles. The Balaban J connectivity index is 1.82. The van der Waals surface area contributed by atoms with E-state index in [1.807, 2.05) is 12.1 Å². The fourth-order valence-electron chi connectivity index (χ4n) is 3.74. The fraction of sp³-hybridized carbons (Fsp3) is 0.318. The van der Waals surface area contributed by atoms with E-state index in [1.54, 1.807) is 29.5 Å². The molecule has 5 nitrogen and oxygen atoms in total. The van der Waals surface area contributed by atoms with Gasteiger partial charge >= 0.3 is 0 Å². The van der Waals surface area contributed by atoms with E-state index in [0.717, 1.165) is 39.7 Å². The van der Waals surface area contributed by atoms with Gasteiger partial charge in [-0.1, -0.05) is 35.3 Å². The molecule has 8 heteroatoms. The smallest absolute Gasteiger partial charge is 0.291 e. The van der Waals surface area contributed by atoms with Gasteiger partial charge in [-0.15, -0.1) is 11.3 Å². The van der Waals surface area contributed by atoms with Crippen molar-refractivity contribution >= 4 is 45.4 Å². The number of amides is 1. The SMILES string of the molecule is Cc1sc(NC(=O)c2ccco2)c([C@@H](c2cccc(Cl)c2Cl)N2CCOCC2)c1C. The van der Waals surface area contributed by atoms with E-state index in [-0.39, 0.29) is 17.7 Å². The first-order valence-corrected chi connectivity index (χ1v) is 11.2. The predicted octanol–water partition coefficient (Wildman–Crippen LogP) is 5.94. The minimum absolute atomic E-state index is 0.156. The summed E-state index contributed by atoms with van der Waals surface area (Å²) < 4.78 is 10.8. The first-order valence-electron chi connectivity index (χ1n) is 9.67. The van der Waals surface area contributed by atoms with Gasteiger partial charge in [0.05, 0.1) is 35.6 Å². The summed E-state index contributed by atoms with van der Waals surface area (Å²) in [6, 6.07) is 8.89. The van der Waals surface area contributed by atoms with Gasteiger partial charge in [0, 0.05) is 23.5 Å². The molecule has 30 heavy (non-hydrogen) atoms. The maximum atomic E-state index is 12.7. The number of thiophene rings is 1. The number of furan rings is 1. The van der Waals surface area contributed by atoms with Crippen molar-refractivity contribution < 1.29 is 13.9 Å². The molecule has 0 saturated carbocycles. The van der Waals surface area contributed by atoms with Crippen LogP contribution in [0.5, 0.6) is 0 Å². The lowest BCUT2D eigenvalue weighted by Crippen LogP contribution is -2.40. The van der Waals surface area contributed by atoms with Crippen LogP contribution in [0.2, 0.25) is 10.0 Å². The molecule has 0 bridgehead atoms. The third kappa shape index (κ3) is 4.15. The number of halogens is 2. The normalized spacial score (nSPS) is 15.9. The topological polar surface area (TPSA) is 54.7 Å². The van der Waals surface area contributed by atoms with Crippen LogP contribution in [-0.2, 0) is 4.74 Å². The van der Waals surface area contributed by atoms with Crippen molar-refractivity contribution in [1.29, 1.82) is 0 Å². The zero-order chi connectivity index (χ0) is 21.3. The Morgan fingerprint density at radius 3 is 2.63 bits per heavy atom. The van der Waals surface area contributed by atoms with Crippen molar-refractivity contribution in [3.05, 3.63) is 74.0 Å². The van der Waals surface area contributed by atoms with Gasteiger partial charge < -0.3 is 14.5 Å². The first kappa shape index (κ1) is 21.4. The van der Waals surface area contributed by atoms with E-state index < -0.39 is 0 Å². The fourth-order valence-corrected chi connectivity index (χ4v) is 5.24. The number of hydrogen-bond acceptors (Lipinski definition) is 5. The molecule has 0 aliphatic carbocycles. The second kappa shape index (κ2) is 9.12. The van der Waals surface area contributed by atoms with Crippen molar-refractivity contribution in [2.24, 2.45) is 0 Å². The average Bonchev–Trinajstić information content (AvgIpc) is 3.37. The molecule has 1 aliphatic heterocycles. The maximum absolute atomic E-state index is 12.7. The quantitative estimate of drug-likeness (QED) is 0.507. The summed E-state index contributed by atoms with van der Waals surface area (Å²) in [5.74, 6) is -0.00575. The molecule has 4 rings (SSSR count). The van der Waals surface area contributed by atoms with Crippen LogP contribution < -0.4 is 5.32 Å². The van der Waals surface area contributed by atoms with E-state index >= 15 is 0 Å². The van der Waals surface area contributed by atoms with Crippen LogP contribution in [0.25, 0.3) is 0 Å².